The van der Waals surface area contributed by atoms with E-state index in [0.717, 1.165) is 12.0 Å². The predicted molar refractivity (Wildman–Crippen MR) is 47.2 cm³/mol. The molecule has 0 heterocycles. The SMILES string of the molecule is C=C(C)CCOC(C)C(=O)NN. The van der Waals surface area contributed by atoms with Gasteiger partial charge in [0.1, 0.15) is 6.10 Å². The Hall–Kier alpha value is -0.870. The largest absolute Gasteiger partial charge is 0.368 e. The van der Waals surface area contributed by atoms with Gasteiger partial charge in [0, 0.05) is 0 Å². The van der Waals surface area contributed by atoms with Crippen LogP contribution in [0.15, 0.2) is 12.2 Å². The summed E-state index contributed by atoms with van der Waals surface area (Å²) in [5.74, 6) is 4.60. The maximum Gasteiger partial charge on any atom is 0.262 e. The van der Waals surface area contributed by atoms with Gasteiger partial charge >= 0.3 is 0 Å². The van der Waals surface area contributed by atoms with Crippen molar-refractivity contribution in [1.29, 1.82) is 0 Å². The van der Waals surface area contributed by atoms with Crippen LogP contribution >= 0.6 is 0 Å². The summed E-state index contributed by atoms with van der Waals surface area (Å²) in [5.41, 5.74) is 3.05. The van der Waals surface area contributed by atoms with E-state index in [1.54, 1.807) is 6.92 Å². The average molecular weight is 172 g/mol. The lowest BCUT2D eigenvalue weighted by molar-refractivity contribution is -0.131. The van der Waals surface area contributed by atoms with Crippen LogP contribution in [-0.4, -0.2) is 18.6 Å². The monoisotopic (exact) mass is 172 g/mol. The van der Waals surface area contributed by atoms with Crippen molar-refractivity contribution in [3.63, 3.8) is 0 Å². The first-order valence-electron chi connectivity index (χ1n) is 3.84. The molecule has 0 saturated carbocycles. The second-order valence-electron chi connectivity index (χ2n) is 2.73. The molecule has 0 aromatic heterocycles. The third-order valence-corrected chi connectivity index (χ3v) is 1.41. The maximum atomic E-state index is 10.8. The zero-order valence-corrected chi connectivity index (χ0v) is 7.59. The van der Waals surface area contributed by atoms with Crippen molar-refractivity contribution in [1.82, 2.24) is 5.43 Å². The summed E-state index contributed by atoms with van der Waals surface area (Å²) < 4.78 is 5.15. The molecule has 0 radical (unpaired) electrons. The van der Waals surface area contributed by atoms with Gasteiger partial charge in [-0.25, -0.2) is 5.84 Å². The van der Waals surface area contributed by atoms with Gasteiger partial charge in [-0.1, -0.05) is 5.57 Å². The van der Waals surface area contributed by atoms with Crippen LogP contribution in [0.25, 0.3) is 0 Å². The fraction of sp³-hybridized carbons (Fsp3) is 0.625. The van der Waals surface area contributed by atoms with Crippen LogP contribution in [0.4, 0.5) is 0 Å². The number of nitrogens with two attached hydrogens (primary N) is 1. The lowest BCUT2D eigenvalue weighted by Gasteiger charge is -2.10. The summed E-state index contributed by atoms with van der Waals surface area (Å²) >= 11 is 0. The third kappa shape index (κ3) is 4.87. The number of hydrazine groups is 1. The number of rotatable bonds is 5. The van der Waals surface area contributed by atoms with Gasteiger partial charge in [-0.2, -0.15) is 0 Å². The molecule has 0 bridgehead atoms. The highest BCUT2D eigenvalue weighted by Crippen LogP contribution is 1.98. The first-order chi connectivity index (χ1) is 5.57. The number of carbonyl (C=O) groups is 1. The molecule has 1 atom stereocenters. The lowest BCUT2D eigenvalue weighted by atomic mass is 10.2. The Morgan fingerprint density at radius 2 is 2.33 bits per heavy atom. The minimum Gasteiger partial charge on any atom is -0.368 e. The van der Waals surface area contributed by atoms with Gasteiger partial charge < -0.3 is 4.74 Å². The van der Waals surface area contributed by atoms with Gasteiger partial charge in [-0.3, -0.25) is 10.2 Å². The fourth-order valence-corrected chi connectivity index (χ4v) is 0.603. The van der Waals surface area contributed by atoms with Crippen LogP contribution in [0.3, 0.4) is 0 Å². The van der Waals surface area contributed by atoms with Crippen molar-refractivity contribution >= 4 is 5.91 Å². The fourth-order valence-electron chi connectivity index (χ4n) is 0.603. The van der Waals surface area contributed by atoms with Crippen LogP contribution < -0.4 is 11.3 Å². The second kappa shape index (κ2) is 5.74. The van der Waals surface area contributed by atoms with E-state index >= 15 is 0 Å². The molecule has 70 valence electrons. The summed E-state index contributed by atoms with van der Waals surface area (Å²) in [7, 11) is 0. The Bertz CT molecular complexity index is 168. The van der Waals surface area contributed by atoms with E-state index in [-0.39, 0.29) is 5.91 Å². The summed E-state index contributed by atoms with van der Waals surface area (Å²) in [6, 6.07) is 0. The normalized spacial score (nSPS) is 12.2. The number of nitrogens with one attached hydrogen (secondary N) is 1. The van der Waals surface area contributed by atoms with Crippen molar-refractivity contribution in [3.05, 3.63) is 12.2 Å². The molecular weight excluding hydrogens is 156 g/mol. The van der Waals surface area contributed by atoms with Crippen LogP contribution in [-0.2, 0) is 9.53 Å². The van der Waals surface area contributed by atoms with Gasteiger partial charge in [0.25, 0.3) is 5.91 Å². The smallest absolute Gasteiger partial charge is 0.262 e. The zero-order valence-electron chi connectivity index (χ0n) is 7.59. The molecular formula is C8H16N2O2. The molecule has 0 aromatic carbocycles. The Balaban J connectivity index is 3.50. The highest BCUT2D eigenvalue weighted by molar-refractivity contribution is 5.79. The molecule has 1 amide bonds. The van der Waals surface area contributed by atoms with Crippen molar-refractivity contribution in [2.24, 2.45) is 5.84 Å². The summed E-state index contributed by atoms with van der Waals surface area (Å²) in [6.45, 7) is 7.78. The molecule has 4 nitrogen and oxygen atoms in total. The van der Waals surface area contributed by atoms with Gasteiger partial charge in [0.15, 0.2) is 0 Å². The molecule has 0 fully saturated rings. The highest BCUT2D eigenvalue weighted by Gasteiger charge is 2.10. The molecule has 0 aromatic rings. The number of hydrogen-bond donors (Lipinski definition) is 2. The minimum atomic E-state index is -0.491. The molecule has 0 rings (SSSR count). The van der Waals surface area contributed by atoms with Crippen molar-refractivity contribution in [2.75, 3.05) is 6.61 Å². The van der Waals surface area contributed by atoms with Gasteiger partial charge in [-0.05, 0) is 20.3 Å². The summed E-state index contributed by atoms with van der Waals surface area (Å²) in [6.07, 6.45) is 0.275. The molecule has 0 aliphatic carbocycles. The van der Waals surface area contributed by atoms with Crippen molar-refractivity contribution < 1.29 is 9.53 Å². The molecule has 0 aliphatic heterocycles. The van der Waals surface area contributed by atoms with Crippen LogP contribution in [0.2, 0.25) is 0 Å². The van der Waals surface area contributed by atoms with Gasteiger partial charge in [-0.15, -0.1) is 6.58 Å². The van der Waals surface area contributed by atoms with Crippen LogP contribution in [0, 0.1) is 0 Å². The number of hydrogen-bond acceptors (Lipinski definition) is 3. The molecule has 0 spiro atoms. The van der Waals surface area contributed by atoms with E-state index in [2.05, 4.69) is 6.58 Å². The van der Waals surface area contributed by atoms with E-state index in [0.29, 0.717) is 6.61 Å². The quantitative estimate of drug-likeness (QED) is 0.272. The molecule has 1 unspecified atom stereocenters. The predicted octanol–water partition coefficient (Wildman–Crippen LogP) is 0.348. The third-order valence-electron chi connectivity index (χ3n) is 1.41. The van der Waals surface area contributed by atoms with Gasteiger partial charge in [0.05, 0.1) is 6.61 Å². The molecule has 3 N–H and O–H groups in total. The standard InChI is InChI=1S/C8H16N2O2/c1-6(2)4-5-12-7(3)8(11)10-9/h7H,1,4-5,9H2,2-3H3,(H,10,11). The Labute approximate surface area is 72.7 Å². The minimum absolute atomic E-state index is 0.309. The number of amides is 1. The Kier molecular flexibility index (Phi) is 5.32. The van der Waals surface area contributed by atoms with E-state index in [4.69, 9.17) is 10.6 Å². The van der Waals surface area contributed by atoms with E-state index in [1.807, 2.05) is 12.3 Å². The van der Waals surface area contributed by atoms with Crippen LogP contribution in [0.5, 0.6) is 0 Å². The Morgan fingerprint density at radius 3 is 2.75 bits per heavy atom. The molecule has 12 heavy (non-hydrogen) atoms. The first kappa shape index (κ1) is 11.1. The molecule has 4 heteroatoms. The Morgan fingerprint density at radius 1 is 1.75 bits per heavy atom. The molecule has 0 saturated heterocycles. The van der Waals surface area contributed by atoms with E-state index < -0.39 is 6.10 Å². The topological polar surface area (TPSA) is 64.3 Å². The number of carbonyl (C=O) groups excluding carboxylic acids is 1. The van der Waals surface area contributed by atoms with Gasteiger partial charge in [0.2, 0.25) is 0 Å². The lowest BCUT2D eigenvalue weighted by Crippen LogP contribution is -2.39. The first-order valence-corrected chi connectivity index (χ1v) is 3.84. The van der Waals surface area contributed by atoms with E-state index in [1.165, 1.54) is 0 Å². The average Bonchev–Trinajstić information content (AvgIpc) is 2.02. The number of ether oxygens (including phenoxy) is 1. The van der Waals surface area contributed by atoms with E-state index in [9.17, 15) is 4.79 Å². The van der Waals surface area contributed by atoms with Crippen molar-refractivity contribution in [3.8, 4) is 0 Å². The summed E-state index contributed by atoms with van der Waals surface area (Å²) in [4.78, 5) is 10.8. The van der Waals surface area contributed by atoms with Crippen LogP contribution in [0.1, 0.15) is 20.3 Å². The molecule has 0 aliphatic rings. The van der Waals surface area contributed by atoms with Crippen molar-refractivity contribution in [2.45, 2.75) is 26.4 Å². The highest BCUT2D eigenvalue weighted by atomic mass is 16.5. The maximum absolute atomic E-state index is 10.8. The second-order valence-corrected chi connectivity index (χ2v) is 2.73. The summed E-state index contributed by atoms with van der Waals surface area (Å²) in [5, 5.41) is 0. The zero-order chi connectivity index (χ0) is 9.56.